The van der Waals surface area contributed by atoms with Crippen molar-refractivity contribution in [3.8, 4) is 11.3 Å². The summed E-state index contributed by atoms with van der Waals surface area (Å²) in [4.78, 5) is 28.5. The van der Waals surface area contributed by atoms with Gasteiger partial charge in [0.15, 0.2) is 5.76 Å². The van der Waals surface area contributed by atoms with Gasteiger partial charge in [-0.1, -0.05) is 5.16 Å². The third-order valence-corrected chi connectivity index (χ3v) is 5.70. The Hall–Kier alpha value is -3.09. The van der Waals surface area contributed by atoms with Gasteiger partial charge in [0.05, 0.1) is 17.0 Å². The first-order valence-corrected chi connectivity index (χ1v) is 10.2. The van der Waals surface area contributed by atoms with Crippen LogP contribution in [0.1, 0.15) is 65.1 Å². The van der Waals surface area contributed by atoms with Gasteiger partial charge in [0, 0.05) is 55.1 Å². The molecule has 4 heterocycles. The van der Waals surface area contributed by atoms with Crippen molar-refractivity contribution in [2.24, 2.45) is 0 Å². The molecule has 7 heteroatoms. The fourth-order valence-electron chi connectivity index (χ4n) is 4.00. The normalized spacial score (nSPS) is 19.3. The van der Waals surface area contributed by atoms with E-state index in [0.29, 0.717) is 23.8 Å². The number of aryl methyl sites for hydroxylation is 1. The quantitative estimate of drug-likeness (QED) is 0.676. The van der Waals surface area contributed by atoms with Crippen LogP contribution in [0.2, 0.25) is 0 Å². The van der Waals surface area contributed by atoms with Crippen molar-refractivity contribution in [2.45, 2.75) is 44.4 Å². The average Bonchev–Trinajstić information content (AvgIpc) is 3.54. The Morgan fingerprint density at radius 3 is 2.72 bits per heavy atom. The molecule has 0 spiro atoms. The van der Waals surface area contributed by atoms with Gasteiger partial charge in [0.1, 0.15) is 5.82 Å². The molecule has 5 rings (SSSR count). The average molecular weight is 389 g/mol. The van der Waals surface area contributed by atoms with Gasteiger partial charge in [-0.3, -0.25) is 9.78 Å². The summed E-state index contributed by atoms with van der Waals surface area (Å²) in [5, 5.41) is 4.03. The van der Waals surface area contributed by atoms with Crippen LogP contribution in [-0.4, -0.2) is 44.0 Å². The number of piperidine rings is 1. The van der Waals surface area contributed by atoms with Crippen LogP contribution in [0.25, 0.3) is 11.3 Å². The van der Waals surface area contributed by atoms with Crippen LogP contribution < -0.4 is 0 Å². The third kappa shape index (κ3) is 3.64. The zero-order valence-corrected chi connectivity index (χ0v) is 16.4. The zero-order chi connectivity index (χ0) is 19.8. The zero-order valence-electron chi connectivity index (χ0n) is 16.4. The molecule has 1 unspecified atom stereocenters. The topological polar surface area (TPSA) is 85.0 Å². The Kier molecular flexibility index (Phi) is 4.58. The summed E-state index contributed by atoms with van der Waals surface area (Å²) in [6.07, 6.45) is 9.42. The molecule has 0 bridgehead atoms. The van der Waals surface area contributed by atoms with E-state index in [2.05, 4.69) is 15.1 Å². The predicted molar refractivity (Wildman–Crippen MR) is 106 cm³/mol. The SMILES string of the molecule is Cc1cc(-c2cnc(C3CC3)nc2C2CCCN(C(=O)c3ccncc3)C2)on1. The lowest BCUT2D eigenvalue weighted by molar-refractivity contribution is 0.0706. The minimum absolute atomic E-state index is 0.0469. The van der Waals surface area contributed by atoms with Gasteiger partial charge in [-0.05, 0) is 44.7 Å². The number of hydrogen-bond acceptors (Lipinski definition) is 6. The van der Waals surface area contributed by atoms with Crippen LogP contribution in [0, 0.1) is 6.92 Å². The summed E-state index contributed by atoms with van der Waals surface area (Å²) >= 11 is 0. The first-order valence-electron chi connectivity index (χ1n) is 10.2. The van der Waals surface area contributed by atoms with E-state index in [1.165, 1.54) is 0 Å². The van der Waals surface area contributed by atoms with Crippen molar-refractivity contribution in [1.29, 1.82) is 0 Å². The van der Waals surface area contributed by atoms with Crippen LogP contribution >= 0.6 is 0 Å². The maximum atomic E-state index is 13.0. The molecular formula is C22H23N5O2. The molecule has 2 aliphatic rings. The minimum Gasteiger partial charge on any atom is -0.356 e. The fourth-order valence-corrected chi connectivity index (χ4v) is 4.00. The minimum atomic E-state index is 0.0469. The Morgan fingerprint density at radius 1 is 1.17 bits per heavy atom. The fraction of sp³-hybridized carbons (Fsp3) is 0.409. The molecule has 0 aromatic carbocycles. The highest BCUT2D eigenvalue weighted by atomic mass is 16.5. The highest BCUT2D eigenvalue weighted by Gasteiger charge is 2.32. The molecule has 2 fully saturated rings. The molecule has 3 aromatic heterocycles. The van der Waals surface area contributed by atoms with Gasteiger partial charge in [-0.15, -0.1) is 0 Å². The molecule has 0 N–H and O–H groups in total. The summed E-state index contributed by atoms with van der Waals surface area (Å²) in [6.45, 7) is 3.30. The van der Waals surface area contributed by atoms with Crippen molar-refractivity contribution < 1.29 is 9.32 Å². The largest absolute Gasteiger partial charge is 0.356 e. The van der Waals surface area contributed by atoms with Crippen LogP contribution in [-0.2, 0) is 0 Å². The molecule has 1 aliphatic carbocycles. The van der Waals surface area contributed by atoms with E-state index in [1.54, 1.807) is 24.5 Å². The molecule has 148 valence electrons. The Bertz CT molecular complexity index is 1030. The number of rotatable bonds is 4. The van der Waals surface area contributed by atoms with Gasteiger partial charge in [0.25, 0.3) is 5.91 Å². The smallest absolute Gasteiger partial charge is 0.253 e. The maximum absolute atomic E-state index is 13.0. The lowest BCUT2D eigenvalue weighted by atomic mass is 9.91. The highest BCUT2D eigenvalue weighted by Crippen LogP contribution is 2.40. The van der Waals surface area contributed by atoms with E-state index in [-0.39, 0.29) is 11.8 Å². The number of carbonyl (C=O) groups is 1. The summed E-state index contributed by atoms with van der Waals surface area (Å²) in [5.74, 6) is 2.27. The predicted octanol–water partition coefficient (Wildman–Crippen LogP) is 3.73. The molecule has 1 amide bonds. The highest BCUT2D eigenvalue weighted by molar-refractivity contribution is 5.94. The standard InChI is InChI=1S/C22H23N5O2/c1-14-11-19(29-26-14)18-12-24-21(15-4-5-15)25-20(18)17-3-2-10-27(13-17)22(28)16-6-8-23-9-7-16/h6-9,11-12,15,17H,2-5,10,13H2,1H3. The number of hydrogen-bond donors (Lipinski definition) is 0. The monoisotopic (exact) mass is 389 g/mol. The van der Waals surface area contributed by atoms with E-state index < -0.39 is 0 Å². The number of carbonyl (C=O) groups excluding carboxylic acids is 1. The van der Waals surface area contributed by atoms with Crippen molar-refractivity contribution in [2.75, 3.05) is 13.1 Å². The first kappa shape index (κ1) is 18.0. The van der Waals surface area contributed by atoms with E-state index in [4.69, 9.17) is 9.51 Å². The summed E-state index contributed by atoms with van der Waals surface area (Å²) in [7, 11) is 0. The summed E-state index contributed by atoms with van der Waals surface area (Å²) < 4.78 is 5.52. The summed E-state index contributed by atoms with van der Waals surface area (Å²) in [5.41, 5.74) is 3.37. The Morgan fingerprint density at radius 2 is 2.00 bits per heavy atom. The van der Waals surface area contributed by atoms with Crippen molar-refractivity contribution in [1.82, 2.24) is 25.0 Å². The maximum Gasteiger partial charge on any atom is 0.253 e. The molecule has 1 saturated heterocycles. The van der Waals surface area contributed by atoms with Gasteiger partial charge >= 0.3 is 0 Å². The second-order valence-corrected chi connectivity index (χ2v) is 7.96. The lowest BCUT2D eigenvalue weighted by Gasteiger charge is -2.33. The Balaban J connectivity index is 1.47. The molecule has 1 saturated carbocycles. The second-order valence-electron chi connectivity index (χ2n) is 7.96. The van der Waals surface area contributed by atoms with Crippen molar-refractivity contribution >= 4 is 5.91 Å². The van der Waals surface area contributed by atoms with E-state index in [1.807, 2.05) is 24.1 Å². The molecule has 1 aliphatic heterocycles. The molecule has 0 radical (unpaired) electrons. The molecule has 1 atom stereocenters. The van der Waals surface area contributed by atoms with E-state index >= 15 is 0 Å². The van der Waals surface area contributed by atoms with Gasteiger partial charge in [0.2, 0.25) is 0 Å². The number of likely N-dealkylation sites (tertiary alicyclic amines) is 1. The van der Waals surface area contributed by atoms with Gasteiger partial charge in [-0.25, -0.2) is 9.97 Å². The lowest BCUT2D eigenvalue weighted by Crippen LogP contribution is -2.39. The summed E-state index contributed by atoms with van der Waals surface area (Å²) in [6, 6.07) is 5.46. The first-order chi connectivity index (χ1) is 14.2. The van der Waals surface area contributed by atoms with Crippen LogP contribution in [0.4, 0.5) is 0 Å². The number of aromatic nitrogens is 4. The van der Waals surface area contributed by atoms with E-state index in [9.17, 15) is 4.79 Å². The van der Waals surface area contributed by atoms with Crippen molar-refractivity contribution in [3.05, 3.63) is 59.6 Å². The molecular weight excluding hydrogens is 366 g/mol. The van der Waals surface area contributed by atoms with Crippen LogP contribution in [0.15, 0.2) is 41.3 Å². The van der Waals surface area contributed by atoms with E-state index in [0.717, 1.165) is 55.0 Å². The molecule has 7 nitrogen and oxygen atoms in total. The molecule has 29 heavy (non-hydrogen) atoms. The van der Waals surface area contributed by atoms with Crippen molar-refractivity contribution in [3.63, 3.8) is 0 Å². The van der Waals surface area contributed by atoms with Crippen LogP contribution in [0.3, 0.4) is 0 Å². The number of pyridine rings is 1. The van der Waals surface area contributed by atoms with Gasteiger partial charge in [-0.2, -0.15) is 0 Å². The van der Waals surface area contributed by atoms with Crippen LogP contribution in [0.5, 0.6) is 0 Å². The Labute approximate surface area is 169 Å². The number of amides is 1. The third-order valence-electron chi connectivity index (χ3n) is 5.70. The molecule has 3 aromatic rings. The van der Waals surface area contributed by atoms with Gasteiger partial charge < -0.3 is 9.42 Å². The number of nitrogens with zero attached hydrogens (tertiary/aromatic N) is 5. The second kappa shape index (κ2) is 7.39.